The predicted molar refractivity (Wildman–Crippen MR) is 63.3 cm³/mol. The quantitative estimate of drug-likeness (QED) is 0.660. The maximum absolute atomic E-state index is 5.89. The molecule has 2 aromatic rings. The summed E-state index contributed by atoms with van der Waals surface area (Å²) in [5.74, 6) is 0. The lowest BCUT2D eigenvalue weighted by molar-refractivity contribution is 0.796. The van der Waals surface area contributed by atoms with Gasteiger partial charge < -0.3 is 0 Å². The molecule has 0 aliphatic heterocycles. The highest BCUT2D eigenvalue weighted by atomic mass is 35.5. The summed E-state index contributed by atoms with van der Waals surface area (Å²) in [6, 6.07) is 10.3. The second-order valence-corrected chi connectivity index (χ2v) is 4.95. The number of rotatable bonds is 1. The molecular formula is C13H12ClN. The fourth-order valence-corrected chi connectivity index (χ4v) is 2.27. The number of fused-ring (bicyclic) bond motifs is 1. The molecule has 0 saturated heterocycles. The Hall–Kier alpha value is -1.08. The Morgan fingerprint density at radius 1 is 1.20 bits per heavy atom. The number of aromatic nitrogens is 1. The smallest absolute Gasteiger partial charge is 0.129 e. The van der Waals surface area contributed by atoms with E-state index in [4.69, 9.17) is 11.6 Å². The number of pyridine rings is 1. The van der Waals surface area contributed by atoms with Crippen molar-refractivity contribution < 1.29 is 0 Å². The summed E-state index contributed by atoms with van der Waals surface area (Å²) in [5.41, 5.74) is 2.81. The molecule has 76 valence electrons. The van der Waals surface area contributed by atoms with E-state index in [1.165, 1.54) is 23.8 Å². The minimum absolute atomic E-state index is 0.384. The molecule has 0 spiro atoms. The van der Waals surface area contributed by atoms with Crippen molar-refractivity contribution in [3.63, 3.8) is 0 Å². The zero-order chi connectivity index (χ0) is 10.5. The molecule has 0 unspecified atom stereocenters. The summed E-state index contributed by atoms with van der Waals surface area (Å²) < 4.78 is 0. The van der Waals surface area contributed by atoms with Gasteiger partial charge >= 0.3 is 0 Å². The molecule has 1 aromatic heterocycles. The fourth-order valence-electron chi connectivity index (χ4n) is 2.11. The molecule has 3 rings (SSSR count). The molecule has 0 atom stereocenters. The van der Waals surface area contributed by atoms with Crippen LogP contribution in [0.15, 0.2) is 30.3 Å². The van der Waals surface area contributed by atoms with Crippen LogP contribution in [0.4, 0.5) is 0 Å². The minimum atomic E-state index is 0.384. The topological polar surface area (TPSA) is 12.9 Å². The van der Waals surface area contributed by atoms with E-state index in [2.05, 4.69) is 30.1 Å². The van der Waals surface area contributed by atoms with Crippen LogP contribution in [0, 0.1) is 0 Å². The first-order chi connectivity index (χ1) is 7.19. The van der Waals surface area contributed by atoms with E-state index in [1.54, 1.807) is 0 Å². The third-order valence-corrected chi connectivity index (χ3v) is 3.56. The molecule has 15 heavy (non-hydrogen) atoms. The molecule has 1 heterocycles. The monoisotopic (exact) mass is 217 g/mol. The highest BCUT2D eigenvalue weighted by Crippen LogP contribution is 2.49. The van der Waals surface area contributed by atoms with E-state index in [1.807, 2.05) is 12.1 Å². The highest BCUT2D eigenvalue weighted by Gasteiger charge is 2.39. The number of halogens is 1. The van der Waals surface area contributed by atoms with Gasteiger partial charge in [-0.3, -0.25) is 0 Å². The lowest BCUT2D eigenvalue weighted by Crippen LogP contribution is -2.00. The van der Waals surface area contributed by atoms with Gasteiger partial charge in [-0.2, -0.15) is 0 Å². The Bertz CT molecular complexity index is 529. The minimum Gasteiger partial charge on any atom is -0.236 e. The molecule has 0 radical (unpaired) electrons. The summed E-state index contributed by atoms with van der Waals surface area (Å²) in [4.78, 5) is 4.34. The zero-order valence-corrected chi connectivity index (χ0v) is 9.38. The van der Waals surface area contributed by atoms with Gasteiger partial charge in [-0.25, -0.2) is 4.98 Å². The maximum Gasteiger partial charge on any atom is 0.129 e. The largest absolute Gasteiger partial charge is 0.236 e. The number of benzene rings is 1. The van der Waals surface area contributed by atoms with Crippen molar-refractivity contribution in [1.82, 2.24) is 4.98 Å². The first-order valence-electron chi connectivity index (χ1n) is 5.25. The normalized spacial score (nSPS) is 18.0. The van der Waals surface area contributed by atoms with Crippen molar-refractivity contribution in [2.45, 2.75) is 25.2 Å². The van der Waals surface area contributed by atoms with E-state index in [0.29, 0.717) is 10.6 Å². The number of hydrogen-bond acceptors (Lipinski definition) is 1. The summed E-state index contributed by atoms with van der Waals surface area (Å²) in [6.45, 7) is 2.32. The summed E-state index contributed by atoms with van der Waals surface area (Å²) in [6.07, 6.45) is 2.57. The molecule has 1 saturated carbocycles. The van der Waals surface area contributed by atoms with Crippen molar-refractivity contribution >= 4 is 22.5 Å². The van der Waals surface area contributed by atoms with Crippen LogP contribution >= 0.6 is 11.6 Å². The molecule has 0 amide bonds. The molecule has 0 bridgehead atoms. The third kappa shape index (κ3) is 1.42. The van der Waals surface area contributed by atoms with Crippen molar-refractivity contribution in [2.24, 2.45) is 0 Å². The van der Waals surface area contributed by atoms with Crippen LogP contribution in [0.25, 0.3) is 10.9 Å². The van der Waals surface area contributed by atoms with Crippen LogP contribution in [0.3, 0.4) is 0 Å². The van der Waals surface area contributed by atoms with Crippen molar-refractivity contribution in [3.05, 3.63) is 41.0 Å². The van der Waals surface area contributed by atoms with Gasteiger partial charge in [0.25, 0.3) is 0 Å². The van der Waals surface area contributed by atoms with Crippen molar-refractivity contribution in [1.29, 1.82) is 0 Å². The van der Waals surface area contributed by atoms with Gasteiger partial charge in [0.15, 0.2) is 0 Å². The van der Waals surface area contributed by atoms with Crippen LogP contribution in [0.2, 0.25) is 5.15 Å². The Morgan fingerprint density at radius 2 is 2.00 bits per heavy atom. The Balaban J connectivity index is 2.31. The predicted octanol–water partition coefficient (Wildman–Crippen LogP) is 3.94. The molecule has 0 N–H and O–H groups in total. The zero-order valence-electron chi connectivity index (χ0n) is 8.63. The molecule has 1 aliphatic carbocycles. The standard InChI is InChI=1S/C13H12ClN/c1-13(7-8-13)10-3-2-4-11-9(10)5-6-12(14)15-11/h2-6H,7-8H2,1H3. The average Bonchev–Trinajstić information content (AvgIpc) is 2.96. The van der Waals surface area contributed by atoms with E-state index >= 15 is 0 Å². The van der Waals surface area contributed by atoms with Crippen LogP contribution in [0.1, 0.15) is 25.3 Å². The second-order valence-electron chi connectivity index (χ2n) is 4.57. The molecule has 1 aliphatic rings. The lowest BCUT2D eigenvalue weighted by atomic mass is 9.94. The molecular weight excluding hydrogens is 206 g/mol. The number of nitrogens with zero attached hydrogens (tertiary/aromatic N) is 1. The van der Waals surface area contributed by atoms with Gasteiger partial charge in [-0.1, -0.05) is 30.7 Å². The molecule has 1 aromatic carbocycles. The van der Waals surface area contributed by atoms with Crippen molar-refractivity contribution in [3.8, 4) is 0 Å². The summed E-state index contributed by atoms with van der Waals surface area (Å²) >= 11 is 5.89. The first kappa shape index (κ1) is 9.17. The second kappa shape index (κ2) is 2.96. The molecule has 1 nitrogen and oxygen atoms in total. The van der Waals surface area contributed by atoms with Gasteiger partial charge in [0.2, 0.25) is 0 Å². The maximum atomic E-state index is 5.89. The average molecular weight is 218 g/mol. The number of hydrogen-bond donors (Lipinski definition) is 0. The Labute approximate surface area is 94.1 Å². The lowest BCUT2D eigenvalue weighted by Gasteiger charge is -2.11. The first-order valence-corrected chi connectivity index (χ1v) is 5.63. The van der Waals surface area contributed by atoms with E-state index in [0.717, 1.165) is 5.52 Å². The van der Waals surface area contributed by atoms with Crippen LogP contribution < -0.4 is 0 Å². The highest BCUT2D eigenvalue weighted by molar-refractivity contribution is 6.29. The van der Waals surface area contributed by atoms with E-state index in [9.17, 15) is 0 Å². The summed E-state index contributed by atoms with van der Waals surface area (Å²) in [5, 5.41) is 1.82. The van der Waals surface area contributed by atoms with Crippen molar-refractivity contribution in [2.75, 3.05) is 0 Å². The summed E-state index contributed by atoms with van der Waals surface area (Å²) in [7, 11) is 0. The van der Waals surface area contributed by atoms with Gasteiger partial charge in [-0.15, -0.1) is 0 Å². The molecule has 2 heteroatoms. The third-order valence-electron chi connectivity index (χ3n) is 3.35. The van der Waals surface area contributed by atoms with Gasteiger partial charge in [0.1, 0.15) is 5.15 Å². The molecule has 1 fully saturated rings. The van der Waals surface area contributed by atoms with Crippen LogP contribution in [-0.4, -0.2) is 4.98 Å². The van der Waals surface area contributed by atoms with E-state index in [-0.39, 0.29) is 0 Å². The van der Waals surface area contributed by atoms with Crippen LogP contribution in [-0.2, 0) is 5.41 Å². The Morgan fingerprint density at radius 3 is 2.73 bits per heavy atom. The van der Waals surface area contributed by atoms with Gasteiger partial charge in [0, 0.05) is 5.39 Å². The van der Waals surface area contributed by atoms with Gasteiger partial charge in [0.05, 0.1) is 5.52 Å². The van der Waals surface area contributed by atoms with Gasteiger partial charge in [-0.05, 0) is 42.0 Å². The van der Waals surface area contributed by atoms with E-state index < -0.39 is 0 Å². The fraction of sp³-hybridized carbons (Fsp3) is 0.308. The Kier molecular flexibility index (Phi) is 1.81. The SMILES string of the molecule is CC1(c2cccc3nc(Cl)ccc23)CC1. The van der Waals surface area contributed by atoms with Crippen LogP contribution in [0.5, 0.6) is 0 Å².